The van der Waals surface area contributed by atoms with E-state index in [0.717, 1.165) is 25.8 Å². The van der Waals surface area contributed by atoms with Crippen LogP contribution >= 0.6 is 0 Å². The highest BCUT2D eigenvalue weighted by atomic mass is 16.1. The Balaban J connectivity index is 2.28. The molecule has 1 N–H and O–H groups in total. The van der Waals surface area contributed by atoms with Crippen molar-refractivity contribution in [2.75, 3.05) is 6.54 Å². The Morgan fingerprint density at radius 1 is 1.27 bits per heavy atom. The lowest BCUT2D eigenvalue weighted by atomic mass is 9.90. The van der Waals surface area contributed by atoms with E-state index >= 15 is 0 Å². The lowest BCUT2D eigenvalue weighted by molar-refractivity contribution is -0.122. The van der Waals surface area contributed by atoms with Gasteiger partial charge >= 0.3 is 0 Å². The molecule has 0 aliphatic carbocycles. The van der Waals surface area contributed by atoms with Crippen molar-refractivity contribution in [1.29, 1.82) is 0 Å². The summed E-state index contributed by atoms with van der Waals surface area (Å²) in [6.45, 7) is 2.91. The number of hydrogen-bond donors (Lipinski definition) is 1. The minimum absolute atomic E-state index is 0.0636. The molecule has 1 atom stereocenters. The minimum atomic E-state index is 0.0636. The van der Waals surface area contributed by atoms with Crippen LogP contribution in [0.15, 0.2) is 24.3 Å². The normalized spacial score (nSPS) is 21.9. The average molecular weight is 203 g/mol. The first kappa shape index (κ1) is 10.2. The highest BCUT2D eigenvalue weighted by molar-refractivity contribution is 5.84. The van der Waals surface area contributed by atoms with Crippen molar-refractivity contribution < 1.29 is 4.79 Å². The maximum Gasteiger partial charge on any atom is 0.227 e. The minimum Gasteiger partial charge on any atom is -0.356 e. The molecule has 1 unspecified atom stereocenters. The lowest BCUT2D eigenvalue weighted by Gasteiger charge is -2.15. The summed E-state index contributed by atoms with van der Waals surface area (Å²) in [6, 6.07) is 8.19. The summed E-state index contributed by atoms with van der Waals surface area (Å²) in [7, 11) is 0. The van der Waals surface area contributed by atoms with E-state index in [1.165, 1.54) is 11.1 Å². The number of rotatable bonds is 1. The zero-order valence-corrected chi connectivity index (χ0v) is 9.12. The number of carbonyl (C=O) groups is 1. The molecular weight excluding hydrogens is 186 g/mol. The molecule has 1 saturated heterocycles. The van der Waals surface area contributed by atoms with E-state index in [9.17, 15) is 4.79 Å². The van der Waals surface area contributed by atoms with Gasteiger partial charge in [0.2, 0.25) is 5.91 Å². The molecule has 0 radical (unpaired) electrons. The molecule has 2 rings (SSSR count). The van der Waals surface area contributed by atoms with Gasteiger partial charge in [-0.25, -0.2) is 0 Å². The third-order valence-electron chi connectivity index (χ3n) is 3.10. The van der Waals surface area contributed by atoms with E-state index in [-0.39, 0.29) is 11.8 Å². The van der Waals surface area contributed by atoms with E-state index in [0.29, 0.717) is 0 Å². The van der Waals surface area contributed by atoms with Crippen LogP contribution in [0.4, 0.5) is 0 Å². The van der Waals surface area contributed by atoms with E-state index in [4.69, 9.17) is 0 Å². The number of hydrogen-bond acceptors (Lipinski definition) is 1. The molecule has 2 nitrogen and oxygen atoms in total. The van der Waals surface area contributed by atoms with Gasteiger partial charge in [-0.3, -0.25) is 4.79 Å². The second kappa shape index (κ2) is 4.47. The largest absolute Gasteiger partial charge is 0.356 e. The average Bonchev–Trinajstić information content (AvgIpc) is 2.44. The first-order valence-corrected chi connectivity index (χ1v) is 5.62. The van der Waals surface area contributed by atoms with Crippen molar-refractivity contribution in [2.45, 2.75) is 32.1 Å². The number of nitrogens with one attached hydrogen (secondary N) is 1. The fraction of sp³-hybridized carbons (Fsp3) is 0.462. The van der Waals surface area contributed by atoms with Crippen LogP contribution in [0.25, 0.3) is 0 Å². The maximum absolute atomic E-state index is 11.9. The molecule has 1 amide bonds. The van der Waals surface area contributed by atoms with Gasteiger partial charge in [-0.05, 0) is 30.9 Å². The Bertz CT molecular complexity index is 359. The summed E-state index contributed by atoms with van der Waals surface area (Å²) >= 11 is 0. The fourth-order valence-corrected chi connectivity index (χ4v) is 2.21. The van der Waals surface area contributed by atoms with Crippen molar-refractivity contribution in [3.8, 4) is 0 Å². The van der Waals surface area contributed by atoms with Crippen LogP contribution in [0.3, 0.4) is 0 Å². The van der Waals surface area contributed by atoms with Gasteiger partial charge in [0.25, 0.3) is 0 Å². The molecule has 1 aliphatic rings. The molecule has 0 bridgehead atoms. The monoisotopic (exact) mass is 203 g/mol. The maximum atomic E-state index is 11.9. The summed E-state index contributed by atoms with van der Waals surface area (Å²) in [4.78, 5) is 11.9. The molecule has 2 heteroatoms. The number of benzene rings is 1. The van der Waals surface area contributed by atoms with Crippen molar-refractivity contribution in [3.05, 3.63) is 35.4 Å². The summed E-state index contributed by atoms with van der Waals surface area (Å²) in [5.74, 6) is 0.260. The first-order valence-electron chi connectivity index (χ1n) is 5.62. The van der Waals surface area contributed by atoms with Gasteiger partial charge in [-0.15, -0.1) is 0 Å². The van der Waals surface area contributed by atoms with Crippen molar-refractivity contribution in [1.82, 2.24) is 5.32 Å². The van der Waals surface area contributed by atoms with Gasteiger partial charge in [0.1, 0.15) is 0 Å². The van der Waals surface area contributed by atoms with Crippen LogP contribution in [0.5, 0.6) is 0 Å². The Hall–Kier alpha value is -1.31. The zero-order valence-electron chi connectivity index (χ0n) is 9.12. The Kier molecular flexibility index (Phi) is 3.05. The van der Waals surface area contributed by atoms with Crippen LogP contribution in [-0.4, -0.2) is 12.5 Å². The first-order chi connectivity index (χ1) is 7.29. The van der Waals surface area contributed by atoms with E-state index in [1.807, 2.05) is 12.1 Å². The lowest BCUT2D eigenvalue weighted by Crippen LogP contribution is -2.27. The van der Waals surface area contributed by atoms with Gasteiger partial charge in [-0.2, -0.15) is 0 Å². The summed E-state index contributed by atoms with van der Waals surface area (Å²) in [5, 5.41) is 2.98. The summed E-state index contributed by atoms with van der Waals surface area (Å²) < 4.78 is 0. The number of carbonyl (C=O) groups excluding carboxylic acids is 1. The van der Waals surface area contributed by atoms with Gasteiger partial charge < -0.3 is 5.32 Å². The molecule has 0 saturated carbocycles. The Morgan fingerprint density at radius 2 is 2.07 bits per heavy atom. The SMILES string of the molecule is Cc1ccccc1C1CCCCNC1=O. The van der Waals surface area contributed by atoms with Crippen LogP contribution in [-0.2, 0) is 4.79 Å². The van der Waals surface area contributed by atoms with E-state index < -0.39 is 0 Å². The molecule has 1 fully saturated rings. The standard InChI is InChI=1S/C13H17NO/c1-10-6-2-3-7-11(10)12-8-4-5-9-14-13(12)15/h2-3,6-7,12H,4-5,8-9H2,1H3,(H,14,15). The second-order valence-electron chi connectivity index (χ2n) is 4.20. The highest BCUT2D eigenvalue weighted by Gasteiger charge is 2.23. The van der Waals surface area contributed by atoms with Gasteiger partial charge in [-0.1, -0.05) is 30.7 Å². The molecule has 0 aromatic heterocycles. The predicted molar refractivity (Wildman–Crippen MR) is 60.8 cm³/mol. The van der Waals surface area contributed by atoms with Gasteiger partial charge in [0, 0.05) is 6.54 Å². The summed E-state index contributed by atoms with van der Waals surface area (Å²) in [6.07, 6.45) is 3.22. The van der Waals surface area contributed by atoms with Crippen molar-refractivity contribution in [3.63, 3.8) is 0 Å². The number of aryl methyl sites for hydroxylation is 1. The van der Waals surface area contributed by atoms with Crippen LogP contribution in [0, 0.1) is 6.92 Å². The second-order valence-corrected chi connectivity index (χ2v) is 4.20. The Labute approximate surface area is 90.7 Å². The molecule has 15 heavy (non-hydrogen) atoms. The van der Waals surface area contributed by atoms with Crippen molar-refractivity contribution >= 4 is 5.91 Å². The third-order valence-corrected chi connectivity index (χ3v) is 3.10. The van der Waals surface area contributed by atoms with Gasteiger partial charge in [0.05, 0.1) is 5.92 Å². The Morgan fingerprint density at radius 3 is 2.87 bits per heavy atom. The van der Waals surface area contributed by atoms with Gasteiger partial charge in [0.15, 0.2) is 0 Å². The van der Waals surface area contributed by atoms with Crippen LogP contribution in [0.1, 0.15) is 36.3 Å². The fourth-order valence-electron chi connectivity index (χ4n) is 2.21. The summed E-state index contributed by atoms with van der Waals surface area (Å²) in [5.41, 5.74) is 2.41. The molecule has 80 valence electrons. The highest BCUT2D eigenvalue weighted by Crippen LogP contribution is 2.26. The molecule has 1 aromatic carbocycles. The van der Waals surface area contributed by atoms with E-state index in [1.54, 1.807) is 0 Å². The van der Waals surface area contributed by atoms with Crippen LogP contribution in [0.2, 0.25) is 0 Å². The molecule has 1 heterocycles. The zero-order chi connectivity index (χ0) is 10.7. The molecular formula is C13H17NO. The molecule has 1 aliphatic heterocycles. The van der Waals surface area contributed by atoms with E-state index in [2.05, 4.69) is 24.4 Å². The quantitative estimate of drug-likeness (QED) is 0.746. The topological polar surface area (TPSA) is 29.1 Å². The smallest absolute Gasteiger partial charge is 0.227 e. The third kappa shape index (κ3) is 2.20. The van der Waals surface area contributed by atoms with Crippen molar-refractivity contribution in [2.24, 2.45) is 0 Å². The molecule has 0 spiro atoms. The predicted octanol–water partition coefficient (Wildman–Crippen LogP) is 2.38. The molecule has 1 aromatic rings. The van der Waals surface area contributed by atoms with Crippen LogP contribution < -0.4 is 5.32 Å². The number of amides is 1.